The minimum Gasteiger partial charge on any atom is -0.254 e. The molecule has 0 atom stereocenters. The highest BCUT2D eigenvalue weighted by molar-refractivity contribution is 5.75. The molecule has 0 heterocycles. The summed E-state index contributed by atoms with van der Waals surface area (Å²) in [6.45, 7) is 3.41. The summed E-state index contributed by atoms with van der Waals surface area (Å²) in [4.78, 5) is 3.54. The average molecular weight is 106 g/mol. The van der Waals surface area contributed by atoms with Gasteiger partial charge in [-0.3, -0.25) is 4.99 Å². The van der Waals surface area contributed by atoms with E-state index in [1.54, 1.807) is 18.2 Å². The lowest BCUT2D eigenvalue weighted by Gasteiger charge is -1.65. The second kappa shape index (κ2) is 5.64. The molecule has 8 heavy (non-hydrogen) atoms. The van der Waals surface area contributed by atoms with Gasteiger partial charge in [-0.15, -0.1) is 0 Å². The first-order valence-corrected chi connectivity index (χ1v) is 2.10. The molecular weight excluding hydrogens is 100 g/mol. The molecule has 2 nitrogen and oxygen atoms in total. The van der Waals surface area contributed by atoms with Crippen LogP contribution >= 0.6 is 0 Å². The van der Waals surface area contributed by atoms with Crippen molar-refractivity contribution in [2.45, 2.75) is 0 Å². The second-order valence-electron chi connectivity index (χ2n) is 0.984. The van der Waals surface area contributed by atoms with Crippen molar-refractivity contribution in [3.05, 3.63) is 24.9 Å². The second-order valence-corrected chi connectivity index (χ2v) is 0.984. The van der Waals surface area contributed by atoms with Gasteiger partial charge in [0.05, 0.1) is 0 Å². The normalized spacial score (nSPS) is 9.88. The van der Waals surface area contributed by atoms with E-state index in [1.807, 2.05) is 0 Å². The Morgan fingerprint density at radius 2 is 2.38 bits per heavy atom. The molecule has 40 valence electrons. The third-order valence-corrected chi connectivity index (χ3v) is 0.440. The van der Waals surface area contributed by atoms with Crippen molar-refractivity contribution in [2.75, 3.05) is 0 Å². The maximum absolute atomic E-state index is 7.91. The van der Waals surface area contributed by atoms with Gasteiger partial charge < -0.3 is 0 Å². The molecule has 0 aromatic carbocycles. The van der Waals surface area contributed by atoms with Crippen LogP contribution in [0, 0.1) is 11.3 Å². The van der Waals surface area contributed by atoms with Crippen LogP contribution in [0.25, 0.3) is 0 Å². The molecule has 0 aliphatic heterocycles. The zero-order valence-electron chi connectivity index (χ0n) is 4.41. The molecule has 0 aromatic heterocycles. The average Bonchev–Trinajstić information content (AvgIpc) is 1.81. The maximum atomic E-state index is 7.91. The Hall–Kier alpha value is -1.36. The molecule has 0 spiro atoms. The molecule has 0 aliphatic carbocycles. The number of nitrogens with zero attached hydrogens (tertiary/aromatic N) is 2. The molecule has 0 unspecified atom stereocenters. The van der Waals surface area contributed by atoms with Gasteiger partial charge in [0, 0.05) is 6.20 Å². The van der Waals surface area contributed by atoms with Gasteiger partial charge in [0.25, 0.3) is 0 Å². The Morgan fingerprint density at radius 1 is 1.62 bits per heavy atom. The molecule has 0 radical (unpaired) electrons. The van der Waals surface area contributed by atoms with Gasteiger partial charge in [-0.05, 0) is 6.08 Å². The van der Waals surface area contributed by atoms with Crippen molar-refractivity contribution >= 4 is 6.21 Å². The lowest BCUT2D eigenvalue weighted by atomic mass is 10.6. The van der Waals surface area contributed by atoms with Crippen molar-refractivity contribution < 1.29 is 0 Å². The van der Waals surface area contributed by atoms with Gasteiger partial charge in [0.2, 0.25) is 0 Å². The van der Waals surface area contributed by atoms with E-state index in [2.05, 4.69) is 11.6 Å². The van der Waals surface area contributed by atoms with Crippen molar-refractivity contribution in [2.24, 2.45) is 4.99 Å². The van der Waals surface area contributed by atoms with Gasteiger partial charge in [0.15, 0.2) is 0 Å². The minimum atomic E-state index is 1.15. The summed E-state index contributed by atoms with van der Waals surface area (Å²) < 4.78 is 0. The van der Waals surface area contributed by atoms with E-state index in [0.717, 1.165) is 6.21 Å². The molecule has 0 aliphatic rings. The van der Waals surface area contributed by atoms with Crippen LogP contribution in [0.2, 0.25) is 0 Å². The summed E-state index contributed by atoms with van der Waals surface area (Å²) in [6.07, 6.45) is 5.89. The lowest BCUT2D eigenvalue weighted by molar-refractivity contribution is 1.53. The first-order chi connectivity index (χ1) is 3.91. The largest absolute Gasteiger partial charge is 0.254 e. The van der Waals surface area contributed by atoms with Crippen LogP contribution < -0.4 is 0 Å². The lowest BCUT2D eigenvalue weighted by Crippen LogP contribution is -1.56. The fourth-order valence-electron chi connectivity index (χ4n) is 0.187. The fourth-order valence-corrected chi connectivity index (χ4v) is 0.187. The zero-order valence-corrected chi connectivity index (χ0v) is 4.41. The Balaban J connectivity index is 3.46. The van der Waals surface area contributed by atoms with Crippen LogP contribution in [-0.4, -0.2) is 6.21 Å². The molecular formula is C6H6N2. The summed E-state index contributed by atoms with van der Waals surface area (Å²) in [5.41, 5.74) is 0. The summed E-state index contributed by atoms with van der Waals surface area (Å²) in [5.74, 6) is 0. The van der Waals surface area contributed by atoms with Crippen molar-refractivity contribution in [1.29, 1.82) is 5.26 Å². The third kappa shape index (κ3) is 4.64. The number of aliphatic imine (C=N–C) groups is 1. The van der Waals surface area contributed by atoms with E-state index in [0.29, 0.717) is 0 Å². The molecule has 0 aromatic rings. The van der Waals surface area contributed by atoms with E-state index < -0.39 is 0 Å². The van der Waals surface area contributed by atoms with Crippen LogP contribution in [0.5, 0.6) is 0 Å². The van der Waals surface area contributed by atoms with E-state index in [1.165, 1.54) is 6.20 Å². The quantitative estimate of drug-likeness (QED) is 0.386. The van der Waals surface area contributed by atoms with Gasteiger partial charge in [-0.25, -0.2) is 0 Å². The fraction of sp³-hybridized carbons (Fsp3) is 0. The number of hydrogen-bond acceptors (Lipinski definition) is 2. The molecule has 0 saturated carbocycles. The third-order valence-electron chi connectivity index (χ3n) is 0.440. The van der Waals surface area contributed by atoms with Gasteiger partial charge in [-0.1, -0.05) is 12.7 Å². The Bertz CT molecular complexity index is 148. The van der Waals surface area contributed by atoms with Crippen molar-refractivity contribution in [3.8, 4) is 6.07 Å². The summed E-state index contributed by atoms with van der Waals surface area (Å²) in [6, 6.07) is 1.75. The van der Waals surface area contributed by atoms with E-state index in [-0.39, 0.29) is 0 Å². The van der Waals surface area contributed by atoms with Crippen LogP contribution in [0.15, 0.2) is 29.9 Å². The Labute approximate surface area is 48.5 Å². The standard InChI is InChI=1S/C6H6N2/c1-2-3-5-8-6-4-7/h2-3,5-6H,1H2/b5-3-,8-6-. The number of hydrogen-bond donors (Lipinski definition) is 0. The van der Waals surface area contributed by atoms with E-state index >= 15 is 0 Å². The number of nitriles is 1. The highest BCUT2D eigenvalue weighted by atomic mass is 14.7. The van der Waals surface area contributed by atoms with E-state index in [9.17, 15) is 0 Å². The topological polar surface area (TPSA) is 36.1 Å². The molecule has 0 saturated heterocycles. The van der Waals surface area contributed by atoms with E-state index in [4.69, 9.17) is 5.26 Å². The molecule has 0 rings (SSSR count). The van der Waals surface area contributed by atoms with Gasteiger partial charge >= 0.3 is 0 Å². The monoisotopic (exact) mass is 106 g/mol. The minimum absolute atomic E-state index is 1.15. The predicted molar refractivity (Wildman–Crippen MR) is 33.4 cm³/mol. The highest BCUT2D eigenvalue weighted by Gasteiger charge is 1.56. The molecule has 0 bridgehead atoms. The summed E-state index contributed by atoms with van der Waals surface area (Å²) >= 11 is 0. The van der Waals surface area contributed by atoms with Crippen LogP contribution in [0.4, 0.5) is 0 Å². The molecule has 0 N–H and O–H groups in total. The van der Waals surface area contributed by atoms with Gasteiger partial charge in [0.1, 0.15) is 12.3 Å². The van der Waals surface area contributed by atoms with Crippen LogP contribution in [0.1, 0.15) is 0 Å². The first-order valence-electron chi connectivity index (χ1n) is 2.10. The first kappa shape index (κ1) is 6.64. The maximum Gasteiger partial charge on any atom is 0.111 e. The molecule has 2 heteroatoms. The van der Waals surface area contributed by atoms with Crippen LogP contribution in [-0.2, 0) is 0 Å². The zero-order chi connectivity index (χ0) is 6.24. The molecule has 0 fully saturated rings. The summed E-state index contributed by atoms with van der Waals surface area (Å²) in [7, 11) is 0. The van der Waals surface area contributed by atoms with Crippen molar-refractivity contribution in [1.82, 2.24) is 0 Å². The van der Waals surface area contributed by atoms with Crippen LogP contribution in [0.3, 0.4) is 0 Å². The number of allylic oxidation sites excluding steroid dienone is 2. The molecule has 0 amide bonds. The smallest absolute Gasteiger partial charge is 0.111 e. The Morgan fingerprint density at radius 3 is 2.88 bits per heavy atom. The summed E-state index contributed by atoms with van der Waals surface area (Å²) in [5, 5.41) is 7.91. The van der Waals surface area contributed by atoms with Crippen molar-refractivity contribution in [3.63, 3.8) is 0 Å². The highest BCUT2D eigenvalue weighted by Crippen LogP contribution is 1.71. The SMILES string of the molecule is C=C/C=C\N=C/C#N. The van der Waals surface area contributed by atoms with Gasteiger partial charge in [-0.2, -0.15) is 5.26 Å². The number of rotatable bonds is 2. The Kier molecular flexibility index (Phi) is 4.68. The predicted octanol–water partition coefficient (Wildman–Crippen LogP) is 1.28.